The smallest absolute Gasteiger partial charge is 0.379 e. The molecule has 2 unspecified atom stereocenters. The highest BCUT2D eigenvalue weighted by molar-refractivity contribution is 4.79. The number of hydrogen-bond acceptors (Lipinski definition) is 3. The van der Waals surface area contributed by atoms with Crippen molar-refractivity contribution >= 4 is 0 Å². The van der Waals surface area contributed by atoms with Gasteiger partial charge in [-0.05, 0) is 12.8 Å². The summed E-state index contributed by atoms with van der Waals surface area (Å²) in [7, 11) is 0. The number of alkyl halides is 3. The van der Waals surface area contributed by atoms with Gasteiger partial charge in [0.05, 0.1) is 13.2 Å². The molecule has 17 heavy (non-hydrogen) atoms. The van der Waals surface area contributed by atoms with Crippen LogP contribution in [0.3, 0.4) is 0 Å². The van der Waals surface area contributed by atoms with Crippen molar-refractivity contribution in [2.45, 2.75) is 51.4 Å². The third-order valence-electron chi connectivity index (χ3n) is 2.35. The second-order valence-corrected chi connectivity index (χ2v) is 3.87. The first-order valence-corrected chi connectivity index (χ1v) is 5.95. The fourth-order valence-electron chi connectivity index (χ4n) is 1.26. The van der Waals surface area contributed by atoms with Crippen LogP contribution in [0.4, 0.5) is 13.2 Å². The molecule has 0 aliphatic carbocycles. The highest BCUT2D eigenvalue weighted by atomic mass is 19.4. The topological polar surface area (TPSA) is 44.5 Å². The molecule has 0 aromatic rings. The molecule has 0 rings (SSSR count). The normalized spacial score (nSPS) is 15.9. The predicted molar refractivity (Wildman–Crippen MR) is 59.8 cm³/mol. The van der Waals surface area contributed by atoms with Crippen molar-refractivity contribution in [3.63, 3.8) is 0 Å². The van der Waals surface area contributed by atoms with Crippen LogP contribution in [0.1, 0.15) is 33.1 Å². The molecule has 0 aromatic carbocycles. The summed E-state index contributed by atoms with van der Waals surface area (Å²) in [5.41, 5.74) is 5.38. The number of halogens is 3. The van der Waals surface area contributed by atoms with Crippen LogP contribution in [0.2, 0.25) is 0 Å². The second-order valence-electron chi connectivity index (χ2n) is 3.87. The van der Waals surface area contributed by atoms with Gasteiger partial charge in [-0.15, -0.1) is 0 Å². The molecular formula is C11H22F3NO2. The highest BCUT2D eigenvalue weighted by Gasteiger charge is 2.43. The molecule has 0 amide bonds. The van der Waals surface area contributed by atoms with E-state index in [1.807, 2.05) is 6.92 Å². The summed E-state index contributed by atoms with van der Waals surface area (Å²) in [5, 5.41) is 0. The Bertz CT molecular complexity index is 188. The van der Waals surface area contributed by atoms with Crippen LogP contribution in [0.5, 0.6) is 0 Å². The van der Waals surface area contributed by atoms with E-state index in [2.05, 4.69) is 0 Å². The van der Waals surface area contributed by atoms with Crippen LogP contribution >= 0.6 is 0 Å². The zero-order valence-corrected chi connectivity index (χ0v) is 10.4. The molecule has 0 heterocycles. The second kappa shape index (κ2) is 8.72. The van der Waals surface area contributed by atoms with E-state index in [1.165, 1.54) is 0 Å². The molecule has 2 atom stereocenters. The van der Waals surface area contributed by atoms with Gasteiger partial charge in [0.15, 0.2) is 6.10 Å². The number of hydrogen-bond donors (Lipinski definition) is 1. The molecule has 0 aliphatic rings. The number of unbranched alkanes of at least 4 members (excludes halogenated alkanes) is 1. The molecule has 0 saturated carbocycles. The SMILES string of the molecule is CCCCOCCOC(C(N)CC)C(F)(F)F. The summed E-state index contributed by atoms with van der Waals surface area (Å²) >= 11 is 0. The first kappa shape index (κ1) is 16.7. The summed E-state index contributed by atoms with van der Waals surface area (Å²) in [6.07, 6.45) is -4.20. The summed E-state index contributed by atoms with van der Waals surface area (Å²) in [5.74, 6) is 0. The van der Waals surface area contributed by atoms with E-state index in [1.54, 1.807) is 6.92 Å². The van der Waals surface area contributed by atoms with Crippen molar-refractivity contribution in [3.05, 3.63) is 0 Å². The molecular weight excluding hydrogens is 235 g/mol. The van der Waals surface area contributed by atoms with Crippen LogP contribution in [-0.4, -0.2) is 38.1 Å². The van der Waals surface area contributed by atoms with Gasteiger partial charge in [-0.3, -0.25) is 0 Å². The quantitative estimate of drug-likeness (QED) is 0.645. The van der Waals surface area contributed by atoms with Gasteiger partial charge in [-0.25, -0.2) is 0 Å². The van der Waals surface area contributed by atoms with E-state index >= 15 is 0 Å². The fourth-order valence-corrected chi connectivity index (χ4v) is 1.26. The van der Waals surface area contributed by atoms with Crippen molar-refractivity contribution in [1.82, 2.24) is 0 Å². The lowest BCUT2D eigenvalue weighted by molar-refractivity contribution is -0.228. The lowest BCUT2D eigenvalue weighted by atomic mass is 10.1. The Morgan fingerprint density at radius 3 is 2.24 bits per heavy atom. The maximum absolute atomic E-state index is 12.5. The van der Waals surface area contributed by atoms with E-state index in [4.69, 9.17) is 15.2 Å². The maximum atomic E-state index is 12.5. The Labute approximate surface area is 100 Å². The van der Waals surface area contributed by atoms with Crippen molar-refractivity contribution in [2.24, 2.45) is 5.73 Å². The van der Waals surface area contributed by atoms with Crippen molar-refractivity contribution in [3.8, 4) is 0 Å². The first-order chi connectivity index (χ1) is 7.93. The minimum absolute atomic E-state index is 0.0818. The van der Waals surface area contributed by atoms with Crippen molar-refractivity contribution in [2.75, 3.05) is 19.8 Å². The predicted octanol–water partition coefficient (Wildman–Crippen LogP) is 2.49. The van der Waals surface area contributed by atoms with Gasteiger partial charge < -0.3 is 15.2 Å². The Morgan fingerprint density at radius 1 is 1.12 bits per heavy atom. The van der Waals surface area contributed by atoms with E-state index < -0.39 is 18.3 Å². The largest absolute Gasteiger partial charge is 0.416 e. The van der Waals surface area contributed by atoms with Crippen LogP contribution in [0.25, 0.3) is 0 Å². The fraction of sp³-hybridized carbons (Fsp3) is 1.00. The standard InChI is InChI=1S/C11H22F3NO2/c1-3-5-6-16-7-8-17-10(9(15)4-2)11(12,13)14/h9-10H,3-8,15H2,1-2H3. The van der Waals surface area contributed by atoms with Crippen LogP contribution in [0, 0.1) is 0 Å². The number of rotatable bonds is 9. The maximum Gasteiger partial charge on any atom is 0.416 e. The first-order valence-electron chi connectivity index (χ1n) is 5.95. The minimum atomic E-state index is -4.42. The Kier molecular flexibility index (Phi) is 8.55. The molecule has 6 heteroatoms. The lowest BCUT2D eigenvalue weighted by Gasteiger charge is -2.25. The molecule has 2 N–H and O–H groups in total. The average molecular weight is 257 g/mol. The van der Waals surface area contributed by atoms with Gasteiger partial charge in [0.2, 0.25) is 0 Å². The molecule has 0 aromatic heterocycles. The lowest BCUT2D eigenvalue weighted by Crippen LogP contribution is -2.47. The molecule has 0 saturated heterocycles. The van der Waals surface area contributed by atoms with E-state index in [0.717, 1.165) is 12.8 Å². The van der Waals surface area contributed by atoms with Gasteiger partial charge in [0.1, 0.15) is 0 Å². The van der Waals surface area contributed by atoms with Gasteiger partial charge in [-0.1, -0.05) is 20.3 Å². The van der Waals surface area contributed by atoms with Gasteiger partial charge >= 0.3 is 6.18 Å². The average Bonchev–Trinajstić information content (AvgIpc) is 2.25. The van der Waals surface area contributed by atoms with Crippen LogP contribution < -0.4 is 5.73 Å². The zero-order chi connectivity index (χ0) is 13.3. The Hall–Kier alpha value is -0.330. The van der Waals surface area contributed by atoms with E-state index in [0.29, 0.717) is 6.61 Å². The summed E-state index contributed by atoms with van der Waals surface area (Å²) < 4.78 is 47.5. The van der Waals surface area contributed by atoms with Crippen LogP contribution in [-0.2, 0) is 9.47 Å². The van der Waals surface area contributed by atoms with Crippen LogP contribution in [0.15, 0.2) is 0 Å². The Balaban J connectivity index is 3.86. The zero-order valence-electron chi connectivity index (χ0n) is 10.4. The summed E-state index contributed by atoms with van der Waals surface area (Å²) in [6, 6.07) is -1.02. The van der Waals surface area contributed by atoms with Gasteiger partial charge in [-0.2, -0.15) is 13.2 Å². The minimum Gasteiger partial charge on any atom is -0.379 e. The molecule has 3 nitrogen and oxygen atoms in total. The molecule has 0 fully saturated rings. The van der Waals surface area contributed by atoms with Gasteiger partial charge in [0, 0.05) is 12.6 Å². The molecule has 0 bridgehead atoms. The summed E-state index contributed by atoms with van der Waals surface area (Å²) in [4.78, 5) is 0. The van der Waals surface area contributed by atoms with Gasteiger partial charge in [0.25, 0.3) is 0 Å². The Morgan fingerprint density at radius 2 is 1.76 bits per heavy atom. The third-order valence-corrected chi connectivity index (χ3v) is 2.35. The molecule has 0 radical (unpaired) electrons. The molecule has 104 valence electrons. The van der Waals surface area contributed by atoms with E-state index in [-0.39, 0.29) is 19.6 Å². The molecule has 0 spiro atoms. The number of ether oxygens (including phenoxy) is 2. The number of nitrogens with two attached hydrogens (primary N) is 1. The van der Waals surface area contributed by atoms with E-state index in [9.17, 15) is 13.2 Å². The van der Waals surface area contributed by atoms with Crippen molar-refractivity contribution in [1.29, 1.82) is 0 Å². The van der Waals surface area contributed by atoms with Crippen molar-refractivity contribution < 1.29 is 22.6 Å². The highest BCUT2D eigenvalue weighted by Crippen LogP contribution is 2.25. The monoisotopic (exact) mass is 257 g/mol. The third kappa shape index (κ3) is 7.57. The summed E-state index contributed by atoms with van der Waals surface area (Å²) in [6.45, 7) is 4.26. The molecule has 0 aliphatic heterocycles.